The van der Waals surface area contributed by atoms with Gasteiger partial charge in [-0.15, -0.1) is 0 Å². The Hall–Kier alpha value is -1.44. The Kier molecular flexibility index (Phi) is 4.32. The lowest BCUT2D eigenvalue weighted by Crippen LogP contribution is -2.60. The molecule has 1 aromatic heterocycles. The number of methoxy groups -OCH3 is 1. The van der Waals surface area contributed by atoms with Gasteiger partial charge >= 0.3 is 0 Å². The van der Waals surface area contributed by atoms with Crippen molar-refractivity contribution in [2.24, 2.45) is 11.8 Å². The van der Waals surface area contributed by atoms with Crippen LogP contribution < -0.4 is 0 Å². The first-order chi connectivity index (χ1) is 11.8. The van der Waals surface area contributed by atoms with E-state index < -0.39 is 0 Å². The second-order valence-electron chi connectivity index (χ2n) is 7.76. The number of piperidine rings is 1. The first kappa shape index (κ1) is 16.1. The largest absolute Gasteiger partial charge is 0.373 e. The molecule has 1 saturated heterocycles. The Bertz CT molecular complexity index is 618. The van der Waals surface area contributed by atoms with Crippen LogP contribution in [-0.4, -0.2) is 36.1 Å². The summed E-state index contributed by atoms with van der Waals surface area (Å²) in [6, 6.07) is 7.01. The summed E-state index contributed by atoms with van der Waals surface area (Å²) in [6.45, 7) is 2.28. The van der Waals surface area contributed by atoms with Crippen molar-refractivity contribution in [1.29, 1.82) is 5.26 Å². The molecule has 2 heterocycles. The SMILES string of the molecule is COC1(c2ccnc(C#N)c2)C2CCCC1CN(C1CCCC1)C2. The molecule has 2 aliphatic carbocycles. The second-order valence-corrected chi connectivity index (χ2v) is 7.76. The lowest BCUT2D eigenvalue weighted by Gasteiger charge is -2.56. The average molecular weight is 325 g/mol. The molecule has 0 aromatic carbocycles. The highest BCUT2D eigenvalue weighted by Crippen LogP contribution is 2.52. The molecule has 4 rings (SSSR count). The molecule has 2 atom stereocenters. The van der Waals surface area contributed by atoms with Crippen LogP contribution in [0.25, 0.3) is 0 Å². The summed E-state index contributed by atoms with van der Waals surface area (Å²) in [5.41, 5.74) is 1.43. The number of nitriles is 1. The van der Waals surface area contributed by atoms with Crippen molar-refractivity contribution in [3.63, 3.8) is 0 Å². The fraction of sp³-hybridized carbons (Fsp3) is 0.700. The number of hydrogen-bond acceptors (Lipinski definition) is 4. The van der Waals surface area contributed by atoms with E-state index in [0.29, 0.717) is 17.5 Å². The molecule has 0 N–H and O–H groups in total. The van der Waals surface area contributed by atoms with Crippen LogP contribution in [0.2, 0.25) is 0 Å². The molecule has 2 saturated carbocycles. The second kappa shape index (κ2) is 6.46. The molecule has 4 heteroatoms. The summed E-state index contributed by atoms with van der Waals surface area (Å²) >= 11 is 0. The fourth-order valence-corrected chi connectivity index (χ4v) is 5.69. The molecule has 0 spiro atoms. The van der Waals surface area contributed by atoms with Gasteiger partial charge in [0.25, 0.3) is 0 Å². The number of nitrogens with zero attached hydrogens (tertiary/aromatic N) is 3. The van der Waals surface area contributed by atoms with Gasteiger partial charge < -0.3 is 4.74 Å². The third-order valence-electron chi connectivity index (χ3n) is 6.73. The summed E-state index contributed by atoms with van der Waals surface area (Å²) in [4.78, 5) is 6.92. The van der Waals surface area contributed by atoms with E-state index in [4.69, 9.17) is 4.74 Å². The Morgan fingerprint density at radius 1 is 1.17 bits per heavy atom. The van der Waals surface area contributed by atoms with E-state index in [1.807, 2.05) is 13.2 Å². The predicted molar refractivity (Wildman–Crippen MR) is 92.3 cm³/mol. The number of aromatic nitrogens is 1. The normalized spacial score (nSPS) is 34.2. The molecule has 2 bridgehead atoms. The van der Waals surface area contributed by atoms with Crippen LogP contribution in [-0.2, 0) is 10.3 Å². The van der Waals surface area contributed by atoms with E-state index in [0.717, 1.165) is 24.7 Å². The summed E-state index contributed by atoms with van der Waals surface area (Å²) in [6.07, 6.45) is 11.0. The highest BCUT2D eigenvalue weighted by molar-refractivity contribution is 5.32. The van der Waals surface area contributed by atoms with Gasteiger partial charge in [-0.05, 0) is 43.4 Å². The van der Waals surface area contributed by atoms with Crippen molar-refractivity contribution in [1.82, 2.24) is 9.88 Å². The van der Waals surface area contributed by atoms with E-state index in [2.05, 4.69) is 22.0 Å². The van der Waals surface area contributed by atoms with E-state index in [-0.39, 0.29) is 5.60 Å². The van der Waals surface area contributed by atoms with Crippen molar-refractivity contribution in [2.75, 3.05) is 20.2 Å². The maximum absolute atomic E-state index is 9.24. The maximum atomic E-state index is 9.24. The number of pyridine rings is 1. The van der Waals surface area contributed by atoms with Gasteiger partial charge in [0.15, 0.2) is 0 Å². The van der Waals surface area contributed by atoms with Crippen LogP contribution in [0.15, 0.2) is 18.3 Å². The van der Waals surface area contributed by atoms with Crippen LogP contribution in [0.5, 0.6) is 0 Å². The van der Waals surface area contributed by atoms with Gasteiger partial charge in [-0.3, -0.25) is 4.90 Å². The summed E-state index contributed by atoms with van der Waals surface area (Å²) < 4.78 is 6.28. The zero-order chi connectivity index (χ0) is 16.6. The molecule has 24 heavy (non-hydrogen) atoms. The van der Waals surface area contributed by atoms with Crippen LogP contribution in [0.3, 0.4) is 0 Å². The Labute approximate surface area is 144 Å². The van der Waals surface area contributed by atoms with Crippen molar-refractivity contribution >= 4 is 0 Å². The topological polar surface area (TPSA) is 49.1 Å². The summed E-state index contributed by atoms with van der Waals surface area (Å²) in [5, 5.41) is 9.24. The van der Waals surface area contributed by atoms with Crippen LogP contribution in [0.4, 0.5) is 0 Å². The molecule has 4 nitrogen and oxygen atoms in total. The van der Waals surface area contributed by atoms with Gasteiger partial charge in [0.2, 0.25) is 0 Å². The molecule has 2 unspecified atom stereocenters. The highest BCUT2D eigenvalue weighted by atomic mass is 16.5. The lowest BCUT2D eigenvalue weighted by atomic mass is 9.62. The van der Waals surface area contributed by atoms with Crippen molar-refractivity contribution < 1.29 is 4.74 Å². The van der Waals surface area contributed by atoms with Crippen molar-refractivity contribution in [3.8, 4) is 6.07 Å². The zero-order valence-electron chi connectivity index (χ0n) is 14.6. The minimum Gasteiger partial charge on any atom is -0.373 e. The summed E-state index contributed by atoms with van der Waals surface area (Å²) in [5.74, 6) is 1.04. The van der Waals surface area contributed by atoms with E-state index in [9.17, 15) is 5.26 Å². The van der Waals surface area contributed by atoms with E-state index in [1.54, 1.807) is 6.20 Å². The minimum atomic E-state index is -0.234. The van der Waals surface area contributed by atoms with E-state index in [1.165, 1.54) is 44.9 Å². The van der Waals surface area contributed by atoms with Crippen LogP contribution in [0.1, 0.15) is 56.2 Å². The predicted octanol–water partition coefficient (Wildman–Crippen LogP) is 3.47. The van der Waals surface area contributed by atoms with Crippen LogP contribution in [0, 0.1) is 23.2 Å². The molecule has 0 radical (unpaired) electrons. The number of likely N-dealkylation sites (tertiary alicyclic amines) is 1. The van der Waals surface area contributed by atoms with Crippen molar-refractivity contribution in [2.45, 2.75) is 56.6 Å². The molecule has 128 valence electrons. The monoisotopic (exact) mass is 325 g/mol. The Morgan fingerprint density at radius 2 is 1.88 bits per heavy atom. The van der Waals surface area contributed by atoms with Gasteiger partial charge in [-0.2, -0.15) is 5.26 Å². The summed E-state index contributed by atoms with van der Waals surface area (Å²) in [7, 11) is 1.86. The highest BCUT2D eigenvalue weighted by Gasteiger charge is 2.54. The standard InChI is InChI=1S/C20H27N3O/c1-24-20(15-9-10-22-18(11-15)12-21)16-5-4-6-17(20)14-23(13-16)19-7-2-3-8-19/h9-11,16-17,19H,2-8,13-14H2,1H3. The molecule has 3 fully saturated rings. The Balaban J connectivity index is 1.68. The third-order valence-corrected chi connectivity index (χ3v) is 6.73. The smallest absolute Gasteiger partial charge is 0.140 e. The minimum absolute atomic E-state index is 0.234. The number of fused-ring (bicyclic) bond motifs is 2. The van der Waals surface area contributed by atoms with Gasteiger partial charge in [-0.1, -0.05) is 19.3 Å². The molecule has 1 aromatic rings. The Morgan fingerprint density at radius 3 is 2.50 bits per heavy atom. The van der Waals surface area contributed by atoms with Gasteiger partial charge in [0.1, 0.15) is 17.4 Å². The third kappa shape index (κ3) is 2.46. The first-order valence-corrected chi connectivity index (χ1v) is 9.43. The number of ether oxygens (including phenoxy) is 1. The fourth-order valence-electron chi connectivity index (χ4n) is 5.69. The van der Waals surface area contributed by atoms with Gasteiger partial charge in [0, 0.05) is 44.3 Å². The molecular formula is C20H27N3O. The molecule has 1 aliphatic heterocycles. The average Bonchev–Trinajstić information content (AvgIpc) is 3.15. The maximum Gasteiger partial charge on any atom is 0.140 e. The van der Waals surface area contributed by atoms with Gasteiger partial charge in [0.05, 0.1) is 0 Å². The number of hydrogen-bond donors (Lipinski definition) is 0. The van der Waals surface area contributed by atoms with Crippen molar-refractivity contribution in [3.05, 3.63) is 29.6 Å². The molecule has 3 aliphatic rings. The lowest BCUT2D eigenvalue weighted by molar-refractivity contribution is -0.174. The van der Waals surface area contributed by atoms with Gasteiger partial charge in [-0.25, -0.2) is 4.98 Å². The number of rotatable bonds is 3. The van der Waals surface area contributed by atoms with E-state index >= 15 is 0 Å². The quantitative estimate of drug-likeness (QED) is 0.854. The zero-order valence-corrected chi connectivity index (χ0v) is 14.6. The first-order valence-electron chi connectivity index (χ1n) is 9.43. The van der Waals surface area contributed by atoms with Crippen LogP contribution >= 0.6 is 0 Å². The molecule has 0 amide bonds. The molecular weight excluding hydrogens is 298 g/mol.